The van der Waals surface area contributed by atoms with Gasteiger partial charge in [-0.1, -0.05) is 52.9 Å². The molecule has 0 aliphatic heterocycles. The van der Waals surface area contributed by atoms with Gasteiger partial charge in [-0.2, -0.15) is 9.50 Å². The number of phenols is 1. The zero-order chi connectivity index (χ0) is 21.8. The number of hydrogen-bond donors (Lipinski definition) is 1. The van der Waals surface area contributed by atoms with Crippen molar-refractivity contribution in [1.82, 2.24) is 14.6 Å². The molecule has 1 N–H and O–H groups in total. The molecule has 0 saturated carbocycles. The number of aromatic hydroxyl groups is 1. The second-order valence-corrected chi connectivity index (χ2v) is 10.5. The minimum absolute atomic E-state index is 0.219. The minimum Gasteiger partial charge on any atom is -0.507 e. The van der Waals surface area contributed by atoms with E-state index in [1.807, 2.05) is 18.2 Å². The first-order valence-corrected chi connectivity index (χ1v) is 10.6. The molecule has 0 spiro atoms. The van der Waals surface area contributed by atoms with E-state index >= 15 is 0 Å². The van der Waals surface area contributed by atoms with E-state index in [0.29, 0.717) is 26.8 Å². The number of nitrogens with zero attached hydrogens (tertiary/aromatic N) is 3. The highest BCUT2D eigenvalue weighted by Crippen LogP contribution is 2.39. The van der Waals surface area contributed by atoms with Gasteiger partial charge in [-0.05, 0) is 46.7 Å². The first kappa shape index (κ1) is 20.3. The first-order chi connectivity index (χ1) is 13.9. The molecule has 0 amide bonds. The fourth-order valence-corrected chi connectivity index (χ4v) is 4.29. The van der Waals surface area contributed by atoms with E-state index in [4.69, 9.17) is 4.42 Å². The average molecular weight is 424 g/mol. The molecule has 0 unspecified atom stereocenters. The second kappa shape index (κ2) is 6.80. The van der Waals surface area contributed by atoms with Crippen LogP contribution in [0.25, 0.3) is 22.6 Å². The lowest BCUT2D eigenvalue weighted by atomic mass is 9.78. The summed E-state index contributed by atoms with van der Waals surface area (Å²) < 4.78 is 7.17. The molecule has 0 aliphatic carbocycles. The molecule has 0 fully saturated rings. The lowest BCUT2D eigenvalue weighted by molar-refractivity contribution is 0.423. The third-order valence-electron chi connectivity index (χ3n) is 4.97. The summed E-state index contributed by atoms with van der Waals surface area (Å²) in [5, 5.41) is 15.2. The maximum Gasteiger partial charge on any atom is 0.291 e. The molecule has 3 heterocycles. The van der Waals surface area contributed by atoms with Crippen molar-refractivity contribution in [2.75, 3.05) is 0 Å². The van der Waals surface area contributed by atoms with Gasteiger partial charge in [0, 0.05) is 11.1 Å². The molecule has 4 rings (SSSR count). The molecule has 0 atom stereocenters. The highest BCUT2D eigenvalue weighted by Gasteiger charge is 2.26. The highest BCUT2D eigenvalue weighted by molar-refractivity contribution is 7.15. The van der Waals surface area contributed by atoms with Crippen molar-refractivity contribution in [2.45, 2.75) is 52.4 Å². The van der Waals surface area contributed by atoms with E-state index in [1.54, 1.807) is 18.4 Å². The molecule has 6 nitrogen and oxygen atoms in total. The number of thiazole rings is 1. The molecule has 7 heteroatoms. The lowest BCUT2D eigenvalue weighted by Gasteiger charge is -2.27. The van der Waals surface area contributed by atoms with Crippen molar-refractivity contribution in [3.63, 3.8) is 0 Å². The monoisotopic (exact) mass is 423 g/mol. The van der Waals surface area contributed by atoms with Gasteiger partial charge in [0.15, 0.2) is 5.76 Å². The normalized spacial score (nSPS) is 13.5. The van der Waals surface area contributed by atoms with Gasteiger partial charge in [0.05, 0.1) is 10.8 Å². The summed E-state index contributed by atoms with van der Waals surface area (Å²) in [6.45, 7) is 12.4. The molecule has 1 aromatic carbocycles. The van der Waals surface area contributed by atoms with Crippen molar-refractivity contribution in [1.29, 1.82) is 0 Å². The Kier molecular flexibility index (Phi) is 4.62. The number of fused-ring (bicyclic) bond motifs is 1. The molecular weight excluding hydrogens is 398 g/mol. The van der Waals surface area contributed by atoms with Crippen molar-refractivity contribution >= 4 is 22.4 Å². The van der Waals surface area contributed by atoms with Crippen LogP contribution in [-0.2, 0) is 10.8 Å². The number of aromatic nitrogens is 3. The molecule has 3 aromatic heterocycles. The number of rotatable bonds is 2. The minimum atomic E-state index is -0.238. The van der Waals surface area contributed by atoms with Gasteiger partial charge in [0.25, 0.3) is 5.56 Å². The molecule has 156 valence electrons. The summed E-state index contributed by atoms with van der Waals surface area (Å²) in [4.78, 5) is 17.8. The number of phenolic OH excluding ortho intramolecular Hbond substituents is 1. The number of furan rings is 1. The zero-order valence-electron chi connectivity index (χ0n) is 18.0. The van der Waals surface area contributed by atoms with Crippen molar-refractivity contribution in [2.24, 2.45) is 0 Å². The number of benzene rings is 1. The topological polar surface area (TPSA) is 80.6 Å². The Morgan fingerprint density at radius 2 is 1.73 bits per heavy atom. The summed E-state index contributed by atoms with van der Waals surface area (Å²) in [5.41, 5.74) is 1.88. The smallest absolute Gasteiger partial charge is 0.291 e. The Labute approximate surface area is 178 Å². The molecule has 0 aliphatic rings. The SMILES string of the molecule is CC(C)(C)c1cc(/C=c2\sc3nc(-c4ccco4)nn3c2=O)cc(C(C)(C)C)c1O. The fraction of sp³-hybridized carbons (Fsp3) is 0.348. The van der Waals surface area contributed by atoms with E-state index < -0.39 is 0 Å². The third kappa shape index (κ3) is 3.54. The van der Waals surface area contributed by atoms with Crippen LogP contribution in [0.1, 0.15) is 58.2 Å². The zero-order valence-corrected chi connectivity index (χ0v) is 18.8. The lowest BCUT2D eigenvalue weighted by Crippen LogP contribution is -2.24. The first-order valence-electron chi connectivity index (χ1n) is 9.78. The standard InChI is InChI=1S/C23H25N3O3S/c1-22(2,3)14-10-13(11-15(18(14)27)23(4,5)6)12-17-20(28)26-21(30-17)24-19(25-26)16-8-7-9-29-16/h7-12,27H,1-6H3/b17-12-. The van der Waals surface area contributed by atoms with Crippen molar-refractivity contribution in [3.05, 3.63) is 62.1 Å². The Morgan fingerprint density at radius 3 is 2.23 bits per heavy atom. The van der Waals surface area contributed by atoms with Crippen molar-refractivity contribution < 1.29 is 9.52 Å². The van der Waals surface area contributed by atoms with Crippen LogP contribution in [0.3, 0.4) is 0 Å². The van der Waals surface area contributed by atoms with Gasteiger partial charge in [0.1, 0.15) is 5.75 Å². The van der Waals surface area contributed by atoms with Gasteiger partial charge in [-0.25, -0.2) is 0 Å². The Bertz CT molecular complexity index is 1300. The fourth-order valence-electron chi connectivity index (χ4n) is 3.38. The summed E-state index contributed by atoms with van der Waals surface area (Å²) in [6, 6.07) is 7.42. The van der Waals surface area contributed by atoms with E-state index in [-0.39, 0.29) is 16.4 Å². The molecule has 4 aromatic rings. The highest BCUT2D eigenvalue weighted by atomic mass is 32.1. The van der Waals surface area contributed by atoms with Crippen LogP contribution in [0.15, 0.2) is 39.7 Å². The van der Waals surface area contributed by atoms with Gasteiger partial charge in [-0.15, -0.1) is 5.10 Å². The molecule has 0 radical (unpaired) electrons. The van der Waals surface area contributed by atoms with E-state index in [0.717, 1.165) is 16.7 Å². The summed E-state index contributed by atoms with van der Waals surface area (Å²) in [5.74, 6) is 1.24. The van der Waals surface area contributed by atoms with Crippen LogP contribution in [0, 0.1) is 0 Å². The number of hydrogen-bond acceptors (Lipinski definition) is 6. The van der Waals surface area contributed by atoms with Gasteiger partial charge < -0.3 is 9.52 Å². The second-order valence-electron chi connectivity index (χ2n) is 9.49. The maximum atomic E-state index is 12.9. The van der Waals surface area contributed by atoms with E-state index in [2.05, 4.69) is 51.6 Å². The van der Waals surface area contributed by atoms with Gasteiger partial charge in [-0.3, -0.25) is 4.79 Å². The Balaban J connectivity index is 1.89. The Morgan fingerprint density at radius 1 is 1.10 bits per heavy atom. The molecule has 30 heavy (non-hydrogen) atoms. The average Bonchev–Trinajstić information content (AvgIpc) is 3.33. The summed E-state index contributed by atoms with van der Waals surface area (Å²) >= 11 is 1.28. The summed E-state index contributed by atoms with van der Waals surface area (Å²) in [6.07, 6.45) is 3.39. The van der Waals surface area contributed by atoms with Crippen LogP contribution in [-0.4, -0.2) is 19.7 Å². The van der Waals surface area contributed by atoms with E-state index in [1.165, 1.54) is 15.9 Å². The van der Waals surface area contributed by atoms with Crippen LogP contribution < -0.4 is 10.1 Å². The van der Waals surface area contributed by atoms with Gasteiger partial charge >= 0.3 is 0 Å². The maximum absolute atomic E-state index is 12.9. The molecule has 0 saturated heterocycles. The predicted molar refractivity (Wildman–Crippen MR) is 119 cm³/mol. The largest absolute Gasteiger partial charge is 0.507 e. The molecular formula is C23H25N3O3S. The van der Waals surface area contributed by atoms with Crippen LogP contribution >= 0.6 is 11.3 Å². The van der Waals surface area contributed by atoms with Crippen molar-refractivity contribution in [3.8, 4) is 17.3 Å². The van der Waals surface area contributed by atoms with Crippen LogP contribution in [0.5, 0.6) is 5.75 Å². The van der Waals surface area contributed by atoms with Gasteiger partial charge in [0.2, 0.25) is 10.8 Å². The predicted octanol–water partition coefficient (Wildman–Crippen LogP) is 4.26. The quantitative estimate of drug-likeness (QED) is 0.521. The van der Waals surface area contributed by atoms with Crippen LogP contribution in [0.4, 0.5) is 0 Å². The third-order valence-corrected chi connectivity index (χ3v) is 5.93. The summed E-state index contributed by atoms with van der Waals surface area (Å²) in [7, 11) is 0. The molecule has 0 bridgehead atoms. The van der Waals surface area contributed by atoms with E-state index in [9.17, 15) is 9.90 Å². The van der Waals surface area contributed by atoms with Crippen LogP contribution in [0.2, 0.25) is 0 Å². The Hall–Kier alpha value is -2.93.